The van der Waals surface area contributed by atoms with Gasteiger partial charge >= 0.3 is 0 Å². The van der Waals surface area contributed by atoms with Gasteiger partial charge in [0, 0.05) is 17.6 Å². The number of hydrogen-bond acceptors (Lipinski definition) is 2. The van der Waals surface area contributed by atoms with Crippen LogP contribution in [0.2, 0.25) is 5.02 Å². The molecule has 13 heavy (non-hydrogen) atoms. The molecule has 70 valence electrons. The van der Waals surface area contributed by atoms with E-state index in [1.54, 1.807) is 7.05 Å². The number of nitrogens with one attached hydrogen (secondary N) is 1. The number of benzene rings is 1. The first-order valence-electron chi connectivity index (χ1n) is 3.89. The van der Waals surface area contributed by atoms with Crippen LogP contribution in [-0.4, -0.2) is 12.9 Å². The number of halogens is 1. The minimum Gasteiger partial charge on any atom is -0.308 e. The minimum atomic E-state index is 0.627. The molecule has 0 bridgehead atoms. The molecule has 3 N–H and O–H groups in total. The van der Waals surface area contributed by atoms with Gasteiger partial charge in [0.25, 0.3) is 0 Å². The first-order valence-corrected chi connectivity index (χ1v) is 4.26. The zero-order valence-electron chi connectivity index (χ0n) is 7.63. The summed E-state index contributed by atoms with van der Waals surface area (Å²) >= 11 is 5.95. The molecule has 0 radical (unpaired) electrons. The molecule has 4 heteroatoms. The topological polar surface area (TPSA) is 50.4 Å². The Bertz CT molecular complexity index is 334. The van der Waals surface area contributed by atoms with Crippen molar-refractivity contribution in [1.82, 2.24) is 5.43 Å². The Morgan fingerprint density at radius 2 is 2.23 bits per heavy atom. The van der Waals surface area contributed by atoms with Gasteiger partial charge < -0.3 is 5.43 Å². The van der Waals surface area contributed by atoms with Crippen molar-refractivity contribution < 1.29 is 0 Å². The zero-order chi connectivity index (χ0) is 9.84. The first-order chi connectivity index (χ1) is 6.19. The van der Waals surface area contributed by atoms with Crippen molar-refractivity contribution in [1.29, 1.82) is 0 Å². The van der Waals surface area contributed by atoms with Gasteiger partial charge in [0.15, 0.2) is 0 Å². The van der Waals surface area contributed by atoms with Crippen molar-refractivity contribution in [2.45, 2.75) is 6.92 Å². The summed E-state index contributed by atoms with van der Waals surface area (Å²) < 4.78 is 0. The maximum absolute atomic E-state index is 5.95. The van der Waals surface area contributed by atoms with E-state index in [2.05, 4.69) is 10.4 Å². The number of aliphatic imine (C=N–C) groups is 1. The summed E-state index contributed by atoms with van der Waals surface area (Å²) in [4.78, 5) is 3.97. The molecule has 1 aromatic rings. The van der Waals surface area contributed by atoms with Gasteiger partial charge in [-0.1, -0.05) is 23.7 Å². The Kier molecular flexibility index (Phi) is 3.28. The Morgan fingerprint density at radius 3 is 2.69 bits per heavy atom. The second-order valence-corrected chi connectivity index (χ2v) is 3.09. The maximum Gasteiger partial charge on any atom is 0.142 e. The molecule has 0 spiro atoms. The summed E-state index contributed by atoms with van der Waals surface area (Å²) in [5.74, 6) is 5.91. The molecule has 0 unspecified atom stereocenters. The van der Waals surface area contributed by atoms with Crippen LogP contribution in [0.15, 0.2) is 23.2 Å². The van der Waals surface area contributed by atoms with Gasteiger partial charge in [0.05, 0.1) is 0 Å². The van der Waals surface area contributed by atoms with Crippen molar-refractivity contribution in [2.75, 3.05) is 7.05 Å². The number of amidine groups is 1. The highest BCUT2D eigenvalue weighted by Crippen LogP contribution is 2.16. The van der Waals surface area contributed by atoms with Crippen molar-refractivity contribution in [3.8, 4) is 0 Å². The van der Waals surface area contributed by atoms with Crippen LogP contribution in [0.5, 0.6) is 0 Å². The SMILES string of the molecule is CN=C(NN)c1ccc(C)c(Cl)c1. The molecule has 3 nitrogen and oxygen atoms in total. The number of nitrogens with zero attached hydrogens (tertiary/aromatic N) is 1. The molecular formula is C9H12ClN3. The Labute approximate surface area is 82.6 Å². The zero-order valence-corrected chi connectivity index (χ0v) is 8.39. The fraction of sp³-hybridized carbons (Fsp3) is 0.222. The molecule has 0 aliphatic heterocycles. The molecule has 0 atom stereocenters. The van der Waals surface area contributed by atoms with Crippen molar-refractivity contribution >= 4 is 17.4 Å². The molecule has 0 aliphatic rings. The summed E-state index contributed by atoms with van der Waals surface area (Å²) in [7, 11) is 1.67. The van der Waals surface area contributed by atoms with Crippen molar-refractivity contribution in [3.63, 3.8) is 0 Å². The van der Waals surface area contributed by atoms with E-state index in [0.29, 0.717) is 10.9 Å². The highest BCUT2D eigenvalue weighted by atomic mass is 35.5. The lowest BCUT2D eigenvalue weighted by Crippen LogP contribution is -2.30. The van der Waals surface area contributed by atoms with Gasteiger partial charge in [-0.05, 0) is 18.6 Å². The standard InChI is InChI=1S/C9H12ClN3/c1-6-3-4-7(5-8(6)10)9(12-2)13-11/h3-5H,11H2,1-2H3,(H,12,13). The number of rotatable bonds is 1. The lowest BCUT2D eigenvalue weighted by Gasteiger charge is -2.05. The van der Waals surface area contributed by atoms with Gasteiger partial charge in [-0.2, -0.15) is 0 Å². The van der Waals surface area contributed by atoms with Crippen molar-refractivity contribution in [2.24, 2.45) is 10.8 Å². The molecule has 0 saturated carbocycles. The summed E-state index contributed by atoms with van der Waals surface area (Å²) in [5.41, 5.74) is 4.44. The van der Waals surface area contributed by atoms with E-state index in [4.69, 9.17) is 17.4 Å². The van der Waals surface area contributed by atoms with E-state index in [1.165, 1.54) is 0 Å². The molecule has 0 heterocycles. The van der Waals surface area contributed by atoms with E-state index in [0.717, 1.165) is 11.1 Å². The van der Waals surface area contributed by atoms with Crippen LogP contribution in [-0.2, 0) is 0 Å². The lowest BCUT2D eigenvalue weighted by atomic mass is 10.1. The highest BCUT2D eigenvalue weighted by molar-refractivity contribution is 6.31. The van der Waals surface area contributed by atoms with Crippen LogP contribution in [0.4, 0.5) is 0 Å². The van der Waals surface area contributed by atoms with Gasteiger partial charge in [-0.15, -0.1) is 0 Å². The normalized spacial score (nSPS) is 11.5. The molecule has 1 rings (SSSR count). The molecule has 1 aromatic carbocycles. The van der Waals surface area contributed by atoms with E-state index in [9.17, 15) is 0 Å². The summed E-state index contributed by atoms with van der Waals surface area (Å²) in [6.07, 6.45) is 0. The molecule has 0 aliphatic carbocycles. The second-order valence-electron chi connectivity index (χ2n) is 2.68. The highest BCUT2D eigenvalue weighted by Gasteiger charge is 2.02. The summed E-state index contributed by atoms with van der Waals surface area (Å²) in [6, 6.07) is 5.68. The van der Waals surface area contributed by atoms with Gasteiger partial charge in [0.2, 0.25) is 0 Å². The van der Waals surface area contributed by atoms with Crippen LogP contribution in [0, 0.1) is 6.92 Å². The summed E-state index contributed by atoms with van der Waals surface area (Å²) in [5, 5.41) is 0.717. The minimum absolute atomic E-state index is 0.627. The Morgan fingerprint density at radius 1 is 1.54 bits per heavy atom. The molecule has 0 fully saturated rings. The van der Waals surface area contributed by atoms with Gasteiger partial charge in [-0.3, -0.25) is 4.99 Å². The molecular weight excluding hydrogens is 186 g/mol. The largest absolute Gasteiger partial charge is 0.308 e. The summed E-state index contributed by atoms with van der Waals surface area (Å²) in [6.45, 7) is 1.95. The van der Waals surface area contributed by atoms with Crippen LogP contribution in [0.3, 0.4) is 0 Å². The fourth-order valence-corrected chi connectivity index (χ4v) is 1.20. The number of aryl methyl sites for hydroxylation is 1. The third kappa shape index (κ3) is 2.20. The van der Waals surface area contributed by atoms with Crippen LogP contribution in [0.25, 0.3) is 0 Å². The smallest absolute Gasteiger partial charge is 0.142 e. The van der Waals surface area contributed by atoms with Crippen LogP contribution >= 0.6 is 11.6 Å². The van der Waals surface area contributed by atoms with Gasteiger partial charge in [0.1, 0.15) is 5.84 Å². The maximum atomic E-state index is 5.95. The Hall–Kier alpha value is -1.06. The Balaban J connectivity index is 3.10. The predicted molar refractivity (Wildman–Crippen MR) is 56.0 cm³/mol. The van der Waals surface area contributed by atoms with E-state index in [-0.39, 0.29) is 0 Å². The molecule has 0 aromatic heterocycles. The number of hydrazine groups is 1. The monoisotopic (exact) mass is 197 g/mol. The van der Waals surface area contributed by atoms with Crippen molar-refractivity contribution in [3.05, 3.63) is 34.3 Å². The average molecular weight is 198 g/mol. The lowest BCUT2D eigenvalue weighted by molar-refractivity contribution is 1.02. The second kappa shape index (κ2) is 4.25. The average Bonchev–Trinajstić information content (AvgIpc) is 2.13. The quantitative estimate of drug-likeness (QED) is 0.310. The predicted octanol–water partition coefficient (Wildman–Crippen LogP) is 1.49. The van der Waals surface area contributed by atoms with Crippen LogP contribution in [0.1, 0.15) is 11.1 Å². The third-order valence-corrected chi connectivity index (χ3v) is 2.21. The number of nitrogens with two attached hydrogens (primary N) is 1. The van der Waals surface area contributed by atoms with Crippen LogP contribution < -0.4 is 11.3 Å². The van der Waals surface area contributed by atoms with Gasteiger partial charge in [-0.25, -0.2) is 5.84 Å². The number of hydrogen-bond donors (Lipinski definition) is 2. The van der Waals surface area contributed by atoms with E-state index >= 15 is 0 Å². The molecule has 0 saturated heterocycles. The van der Waals surface area contributed by atoms with E-state index in [1.807, 2.05) is 25.1 Å². The first kappa shape index (κ1) is 10.0. The van der Waals surface area contributed by atoms with E-state index < -0.39 is 0 Å². The third-order valence-electron chi connectivity index (χ3n) is 1.81. The fourth-order valence-electron chi connectivity index (χ4n) is 1.02. The molecule has 0 amide bonds.